The zero-order valence-corrected chi connectivity index (χ0v) is 30.2. The molecule has 0 bridgehead atoms. The van der Waals surface area contributed by atoms with Gasteiger partial charge in [0.05, 0.1) is 0 Å². The molecule has 0 saturated carbocycles. The molecular weight excluding hydrogens is 518 g/mol. The van der Waals surface area contributed by atoms with Crippen molar-refractivity contribution in [2.45, 2.75) is 239 Å². The van der Waals surface area contributed by atoms with Crippen LogP contribution in [0.2, 0.25) is 0 Å². The van der Waals surface area contributed by atoms with Gasteiger partial charge in [0, 0.05) is 18.1 Å². The van der Waals surface area contributed by atoms with Gasteiger partial charge in [-0.15, -0.1) is 0 Å². The summed E-state index contributed by atoms with van der Waals surface area (Å²) in [5.41, 5.74) is 3.29. The third-order valence-corrected chi connectivity index (χ3v) is 9.78. The minimum absolute atomic E-state index is 1.16. The molecule has 0 aromatic carbocycles. The van der Waals surface area contributed by atoms with Crippen molar-refractivity contribution in [2.24, 2.45) is 0 Å². The van der Waals surface area contributed by atoms with Gasteiger partial charge in [-0.25, -0.2) is 4.57 Å². The fraction of sp³-hybridized carbons (Fsp3) is 0.881. The highest BCUT2D eigenvalue weighted by atomic mass is 14.9. The quantitative estimate of drug-likeness (QED) is 0.0549. The number of hydrogen-bond acceptors (Lipinski definition) is 0. The standard InChI is InChI=1S/C42H80N/c1-4-7-9-11-13-15-17-19-21-23-25-27-29-31-33-35-41-37-39-43(38-6-3)40-42(41)36-34-32-30-28-26-24-22-20-18-16-14-12-10-8-5-2/h37,39-40H,4-36,38H2,1-3H3/q+1. The highest BCUT2D eigenvalue weighted by Crippen LogP contribution is 2.18. The summed E-state index contributed by atoms with van der Waals surface area (Å²) < 4.78 is 2.44. The van der Waals surface area contributed by atoms with Crippen LogP contribution in [0.1, 0.15) is 231 Å². The lowest BCUT2D eigenvalue weighted by Gasteiger charge is -2.09. The molecule has 1 heteroatoms. The summed E-state index contributed by atoms with van der Waals surface area (Å²) in [7, 11) is 0. The summed E-state index contributed by atoms with van der Waals surface area (Å²) in [6, 6.07) is 2.46. The minimum atomic E-state index is 1.16. The number of aromatic nitrogens is 1. The fourth-order valence-electron chi connectivity index (χ4n) is 6.86. The Morgan fingerprint density at radius 1 is 0.349 bits per heavy atom. The minimum Gasteiger partial charge on any atom is -0.205 e. The third kappa shape index (κ3) is 26.1. The number of hydrogen-bond donors (Lipinski definition) is 0. The molecule has 0 amide bonds. The zero-order chi connectivity index (χ0) is 30.9. The van der Waals surface area contributed by atoms with Crippen molar-refractivity contribution in [1.29, 1.82) is 0 Å². The largest absolute Gasteiger partial charge is 0.205 e. The van der Waals surface area contributed by atoms with Gasteiger partial charge in [-0.05, 0) is 31.2 Å². The third-order valence-electron chi connectivity index (χ3n) is 9.78. The molecule has 0 N–H and O–H groups in total. The molecule has 1 nitrogen and oxygen atoms in total. The van der Waals surface area contributed by atoms with E-state index in [1.54, 1.807) is 11.1 Å². The van der Waals surface area contributed by atoms with Crippen LogP contribution in [-0.4, -0.2) is 0 Å². The predicted molar refractivity (Wildman–Crippen MR) is 194 cm³/mol. The number of nitrogens with zero attached hydrogens (tertiary/aromatic N) is 1. The lowest BCUT2D eigenvalue weighted by molar-refractivity contribution is -0.697. The summed E-state index contributed by atoms with van der Waals surface area (Å²) in [4.78, 5) is 0. The van der Waals surface area contributed by atoms with E-state index in [0.29, 0.717) is 0 Å². The van der Waals surface area contributed by atoms with Gasteiger partial charge in [0.15, 0.2) is 12.4 Å². The zero-order valence-electron chi connectivity index (χ0n) is 30.2. The van der Waals surface area contributed by atoms with Gasteiger partial charge in [0.2, 0.25) is 0 Å². The molecule has 0 aliphatic carbocycles. The maximum atomic E-state index is 2.49. The molecule has 0 unspecified atom stereocenters. The number of aryl methyl sites for hydroxylation is 3. The molecule has 1 heterocycles. The summed E-state index contributed by atoms with van der Waals surface area (Å²) >= 11 is 0. The SMILES string of the molecule is CCCCCCCCCCCCCCCCCc1cc[n+](CCC)cc1CCCCCCCCCCCCCCCCC. The molecular formula is C42H80N+. The van der Waals surface area contributed by atoms with Crippen LogP contribution in [0.5, 0.6) is 0 Å². The Balaban J connectivity index is 2.07. The monoisotopic (exact) mass is 599 g/mol. The van der Waals surface area contributed by atoms with E-state index in [0.717, 1.165) is 6.54 Å². The fourth-order valence-corrected chi connectivity index (χ4v) is 6.86. The van der Waals surface area contributed by atoms with Crippen LogP contribution in [0.3, 0.4) is 0 Å². The molecule has 43 heavy (non-hydrogen) atoms. The highest BCUT2D eigenvalue weighted by molar-refractivity contribution is 5.21. The van der Waals surface area contributed by atoms with E-state index < -0.39 is 0 Å². The number of rotatable bonds is 34. The van der Waals surface area contributed by atoms with Crippen molar-refractivity contribution in [3.8, 4) is 0 Å². The molecule has 0 aliphatic heterocycles. The average Bonchev–Trinajstić information content (AvgIpc) is 3.02. The number of pyridine rings is 1. The van der Waals surface area contributed by atoms with E-state index in [1.165, 1.54) is 212 Å². The number of unbranched alkanes of at least 4 members (excludes halogenated alkanes) is 28. The Labute approximate surface area is 272 Å². The second kappa shape index (κ2) is 32.5. The smallest absolute Gasteiger partial charge is 0.172 e. The molecule has 1 aromatic rings. The molecule has 0 spiro atoms. The van der Waals surface area contributed by atoms with Crippen molar-refractivity contribution < 1.29 is 4.57 Å². The van der Waals surface area contributed by atoms with Crippen LogP contribution < -0.4 is 4.57 Å². The highest BCUT2D eigenvalue weighted by Gasteiger charge is 2.09. The van der Waals surface area contributed by atoms with Crippen LogP contribution in [0.4, 0.5) is 0 Å². The van der Waals surface area contributed by atoms with Crippen molar-refractivity contribution >= 4 is 0 Å². The Hall–Kier alpha value is -0.850. The van der Waals surface area contributed by atoms with Crippen molar-refractivity contribution in [3.63, 3.8) is 0 Å². The summed E-state index contributed by atoms with van der Waals surface area (Å²) in [6.07, 6.45) is 52.1. The van der Waals surface area contributed by atoms with Crippen LogP contribution >= 0.6 is 0 Å². The molecule has 0 radical (unpaired) electrons. The molecule has 1 aromatic heterocycles. The topological polar surface area (TPSA) is 3.88 Å². The van der Waals surface area contributed by atoms with E-state index >= 15 is 0 Å². The molecule has 252 valence electrons. The molecule has 1 rings (SSSR count). The van der Waals surface area contributed by atoms with Gasteiger partial charge in [0.1, 0.15) is 6.54 Å². The van der Waals surface area contributed by atoms with Crippen LogP contribution in [0.25, 0.3) is 0 Å². The predicted octanol–water partition coefficient (Wildman–Crippen LogP) is 14.2. The first kappa shape index (κ1) is 40.2. The summed E-state index contributed by atoms with van der Waals surface area (Å²) in [6.45, 7) is 8.07. The van der Waals surface area contributed by atoms with Gasteiger partial charge in [-0.3, -0.25) is 0 Å². The second-order valence-electron chi connectivity index (χ2n) is 14.1. The van der Waals surface area contributed by atoms with Crippen molar-refractivity contribution in [3.05, 3.63) is 29.6 Å². The van der Waals surface area contributed by atoms with E-state index in [4.69, 9.17) is 0 Å². The van der Waals surface area contributed by atoms with Crippen molar-refractivity contribution in [1.82, 2.24) is 0 Å². The van der Waals surface area contributed by atoms with Gasteiger partial charge in [0.25, 0.3) is 0 Å². The van der Waals surface area contributed by atoms with Gasteiger partial charge >= 0.3 is 0 Å². The van der Waals surface area contributed by atoms with Gasteiger partial charge < -0.3 is 0 Å². The first-order chi connectivity index (χ1) is 21.3. The van der Waals surface area contributed by atoms with Crippen LogP contribution in [-0.2, 0) is 19.4 Å². The maximum absolute atomic E-state index is 2.49. The molecule has 0 atom stereocenters. The van der Waals surface area contributed by atoms with Crippen molar-refractivity contribution in [2.75, 3.05) is 0 Å². The molecule has 0 saturated heterocycles. The van der Waals surface area contributed by atoms with E-state index in [1.807, 2.05) is 0 Å². The average molecular weight is 599 g/mol. The van der Waals surface area contributed by atoms with E-state index in [-0.39, 0.29) is 0 Å². The molecule has 0 fully saturated rings. The van der Waals surface area contributed by atoms with E-state index in [2.05, 4.69) is 43.8 Å². The second-order valence-corrected chi connectivity index (χ2v) is 14.1. The lowest BCUT2D eigenvalue weighted by Crippen LogP contribution is -2.33. The van der Waals surface area contributed by atoms with Gasteiger partial charge in [-0.2, -0.15) is 0 Å². The Kier molecular flexibility index (Phi) is 30.4. The Morgan fingerprint density at radius 3 is 0.977 bits per heavy atom. The lowest BCUT2D eigenvalue weighted by atomic mass is 9.97. The Morgan fingerprint density at radius 2 is 0.651 bits per heavy atom. The summed E-state index contributed by atoms with van der Waals surface area (Å²) in [5, 5.41) is 0. The molecule has 0 aliphatic rings. The first-order valence-electron chi connectivity index (χ1n) is 20.3. The van der Waals surface area contributed by atoms with Gasteiger partial charge in [-0.1, -0.05) is 201 Å². The van der Waals surface area contributed by atoms with E-state index in [9.17, 15) is 0 Å². The first-order valence-corrected chi connectivity index (χ1v) is 20.3. The van der Waals surface area contributed by atoms with Crippen LogP contribution in [0.15, 0.2) is 18.5 Å². The summed E-state index contributed by atoms with van der Waals surface area (Å²) in [5.74, 6) is 0. The maximum Gasteiger partial charge on any atom is 0.172 e. The Bertz CT molecular complexity index is 679. The van der Waals surface area contributed by atoms with Crippen LogP contribution in [0, 0.1) is 0 Å². The normalized spacial score (nSPS) is 11.5.